The second-order valence-corrected chi connectivity index (χ2v) is 6.23. The van der Waals surface area contributed by atoms with Gasteiger partial charge in [0.1, 0.15) is 5.52 Å². The molecule has 0 radical (unpaired) electrons. The summed E-state index contributed by atoms with van der Waals surface area (Å²) in [6.07, 6.45) is 1.12. The van der Waals surface area contributed by atoms with E-state index in [0.717, 1.165) is 43.0 Å². The number of oxazole rings is 1. The van der Waals surface area contributed by atoms with Gasteiger partial charge in [0.05, 0.1) is 0 Å². The van der Waals surface area contributed by atoms with Crippen molar-refractivity contribution in [3.05, 3.63) is 65.5 Å². The molecule has 0 saturated carbocycles. The standard InChI is InChI=1S/C19H20N2O/c1-14-7-8-18-17(11-14)20-19(22-18)16-9-10-21(13-16)12-15-5-3-2-4-6-15/h2-8,11,16H,9-10,12-13H2,1H3/t16-/m1/s1. The van der Waals surface area contributed by atoms with Crippen LogP contribution in [-0.4, -0.2) is 23.0 Å². The number of fused-ring (bicyclic) bond motifs is 1. The van der Waals surface area contributed by atoms with Crippen LogP contribution in [0.25, 0.3) is 11.1 Å². The Hall–Kier alpha value is -2.13. The molecule has 1 saturated heterocycles. The summed E-state index contributed by atoms with van der Waals surface area (Å²) in [4.78, 5) is 7.19. The number of aryl methyl sites for hydroxylation is 1. The molecule has 0 spiro atoms. The molecule has 4 rings (SSSR count). The summed E-state index contributed by atoms with van der Waals surface area (Å²) in [5.74, 6) is 1.31. The van der Waals surface area contributed by atoms with Crippen LogP contribution in [0.3, 0.4) is 0 Å². The number of rotatable bonds is 3. The molecule has 112 valence electrons. The maximum Gasteiger partial charge on any atom is 0.199 e. The molecule has 1 aliphatic rings. The summed E-state index contributed by atoms with van der Waals surface area (Å²) >= 11 is 0. The van der Waals surface area contributed by atoms with Crippen LogP contribution in [0.5, 0.6) is 0 Å². The second kappa shape index (κ2) is 5.58. The lowest BCUT2D eigenvalue weighted by Gasteiger charge is -2.15. The lowest BCUT2D eigenvalue weighted by atomic mass is 10.1. The average molecular weight is 292 g/mol. The van der Waals surface area contributed by atoms with E-state index < -0.39 is 0 Å². The Morgan fingerprint density at radius 2 is 2.05 bits per heavy atom. The van der Waals surface area contributed by atoms with Crippen molar-refractivity contribution in [2.24, 2.45) is 0 Å². The second-order valence-electron chi connectivity index (χ2n) is 6.23. The molecule has 0 N–H and O–H groups in total. The van der Waals surface area contributed by atoms with Crippen molar-refractivity contribution in [2.45, 2.75) is 25.8 Å². The minimum atomic E-state index is 0.413. The number of aromatic nitrogens is 1. The molecule has 1 fully saturated rings. The average Bonchev–Trinajstić information content (AvgIpc) is 3.14. The quantitative estimate of drug-likeness (QED) is 0.727. The smallest absolute Gasteiger partial charge is 0.199 e. The maximum atomic E-state index is 5.97. The number of hydrogen-bond donors (Lipinski definition) is 0. The van der Waals surface area contributed by atoms with Gasteiger partial charge in [0.15, 0.2) is 11.5 Å². The lowest BCUT2D eigenvalue weighted by molar-refractivity contribution is 0.321. The van der Waals surface area contributed by atoms with Gasteiger partial charge < -0.3 is 4.42 Å². The van der Waals surface area contributed by atoms with Gasteiger partial charge in [-0.05, 0) is 43.1 Å². The van der Waals surface area contributed by atoms with E-state index in [2.05, 4.69) is 54.3 Å². The van der Waals surface area contributed by atoms with E-state index in [-0.39, 0.29) is 0 Å². The van der Waals surface area contributed by atoms with Gasteiger partial charge in [-0.3, -0.25) is 4.90 Å². The molecule has 3 aromatic rings. The lowest BCUT2D eigenvalue weighted by Crippen LogP contribution is -2.19. The predicted molar refractivity (Wildman–Crippen MR) is 87.8 cm³/mol. The number of benzene rings is 2. The van der Waals surface area contributed by atoms with Gasteiger partial charge in [-0.25, -0.2) is 4.98 Å². The number of nitrogens with zero attached hydrogens (tertiary/aromatic N) is 2. The van der Waals surface area contributed by atoms with E-state index in [1.165, 1.54) is 11.1 Å². The fourth-order valence-corrected chi connectivity index (χ4v) is 3.25. The zero-order valence-corrected chi connectivity index (χ0v) is 12.8. The first-order chi connectivity index (χ1) is 10.8. The van der Waals surface area contributed by atoms with Crippen LogP contribution in [0.2, 0.25) is 0 Å². The Balaban J connectivity index is 1.49. The third-order valence-corrected chi connectivity index (χ3v) is 4.43. The Bertz CT molecular complexity index is 778. The molecule has 2 aromatic carbocycles. The zero-order chi connectivity index (χ0) is 14.9. The number of likely N-dealkylation sites (tertiary alicyclic amines) is 1. The third kappa shape index (κ3) is 2.64. The van der Waals surface area contributed by atoms with Gasteiger partial charge in [0.25, 0.3) is 0 Å². The van der Waals surface area contributed by atoms with Crippen LogP contribution in [0.15, 0.2) is 52.9 Å². The van der Waals surface area contributed by atoms with Gasteiger partial charge >= 0.3 is 0 Å². The Kier molecular flexibility index (Phi) is 3.43. The van der Waals surface area contributed by atoms with E-state index in [9.17, 15) is 0 Å². The van der Waals surface area contributed by atoms with Gasteiger partial charge in [-0.1, -0.05) is 36.4 Å². The first kappa shape index (κ1) is 13.5. The highest BCUT2D eigenvalue weighted by Crippen LogP contribution is 2.30. The van der Waals surface area contributed by atoms with Crippen LogP contribution in [0.4, 0.5) is 0 Å². The van der Waals surface area contributed by atoms with Crippen molar-refractivity contribution in [2.75, 3.05) is 13.1 Å². The van der Waals surface area contributed by atoms with Crippen LogP contribution in [0.1, 0.15) is 29.4 Å². The molecule has 0 amide bonds. The van der Waals surface area contributed by atoms with E-state index in [4.69, 9.17) is 9.40 Å². The SMILES string of the molecule is Cc1ccc2oc([C@@H]3CCN(Cc4ccccc4)C3)nc2c1. The molecule has 1 aromatic heterocycles. The fraction of sp³-hybridized carbons (Fsp3) is 0.316. The molecular weight excluding hydrogens is 272 g/mol. The molecule has 2 heterocycles. The van der Waals surface area contributed by atoms with E-state index in [0.29, 0.717) is 5.92 Å². The van der Waals surface area contributed by atoms with Crippen LogP contribution in [-0.2, 0) is 6.54 Å². The largest absolute Gasteiger partial charge is 0.440 e. The van der Waals surface area contributed by atoms with Crippen molar-refractivity contribution in [1.29, 1.82) is 0 Å². The third-order valence-electron chi connectivity index (χ3n) is 4.43. The van der Waals surface area contributed by atoms with Gasteiger partial charge in [-0.15, -0.1) is 0 Å². The van der Waals surface area contributed by atoms with Crippen LogP contribution in [0, 0.1) is 6.92 Å². The van der Waals surface area contributed by atoms with Crippen molar-refractivity contribution >= 4 is 11.1 Å². The van der Waals surface area contributed by atoms with Crippen molar-refractivity contribution in [1.82, 2.24) is 9.88 Å². The summed E-state index contributed by atoms with van der Waals surface area (Å²) in [6.45, 7) is 5.24. The normalized spacial score (nSPS) is 19.0. The zero-order valence-electron chi connectivity index (χ0n) is 12.8. The summed E-state index contributed by atoms with van der Waals surface area (Å²) in [5.41, 5.74) is 4.49. The molecule has 3 heteroatoms. The molecule has 22 heavy (non-hydrogen) atoms. The first-order valence-electron chi connectivity index (χ1n) is 7.91. The van der Waals surface area contributed by atoms with Gasteiger partial charge in [-0.2, -0.15) is 0 Å². The first-order valence-corrected chi connectivity index (χ1v) is 7.91. The number of hydrogen-bond acceptors (Lipinski definition) is 3. The molecule has 0 aliphatic carbocycles. The Morgan fingerprint density at radius 3 is 2.91 bits per heavy atom. The van der Waals surface area contributed by atoms with Gasteiger partial charge in [0.2, 0.25) is 0 Å². The summed E-state index contributed by atoms with van der Waals surface area (Å²) in [6, 6.07) is 16.9. The van der Waals surface area contributed by atoms with E-state index >= 15 is 0 Å². The summed E-state index contributed by atoms with van der Waals surface area (Å²) < 4.78 is 5.97. The maximum absolute atomic E-state index is 5.97. The molecule has 3 nitrogen and oxygen atoms in total. The van der Waals surface area contributed by atoms with Crippen LogP contribution >= 0.6 is 0 Å². The highest BCUT2D eigenvalue weighted by atomic mass is 16.3. The van der Waals surface area contributed by atoms with Crippen molar-refractivity contribution in [3.8, 4) is 0 Å². The van der Waals surface area contributed by atoms with Crippen molar-refractivity contribution in [3.63, 3.8) is 0 Å². The topological polar surface area (TPSA) is 29.3 Å². The Morgan fingerprint density at radius 1 is 1.18 bits per heavy atom. The molecule has 1 atom stereocenters. The molecule has 0 bridgehead atoms. The molecule has 1 aliphatic heterocycles. The summed E-state index contributed by atoms with van der Waals surface area (Å²) in [7, 11) is 0. The minimum Gasteiger partial charge on any atom is -0.440 e. The van der Waals surface area contributed by atoms with E-state index in [1.807, 2.05) is 6.07 Å². The van der Waals surface area contributed by atoms with Crippen LogP contribution < -0.4 is 0 Å². The van der Waals surface area contributed by atoms with Gasteiger partial charge in [0, 0.05) is 19.0 Å². The fourth-order valence-electron chi connectivity index (χ4n) is 3.25. The minimum absolute atomic E-state index is 0.413. The highest BCUT2D eigenvalue weighted by Gasteiger charge is 2.27. The predicted octanol–water partition coefficient (Wildman–Crippen LogP) is 4.13. The highest BCUT2D eigenvalue weighted by molar-refractivity contribution is 5.73. The van der Waals surface area contributed by atoms with Crippen molar-refractivity contribution < 1.29 is 4.42 Å². The molecule has 0 unspecified atom stereocenters. The Labute approximate surface area is 130 Å². The molecular formula is C19H20N2O. The van der Waals surface area contributed by atoms with E-state index in [1.54, 1.807) is 0 Å². The monoisotopic (exact) mass is 292 g/mol. The summed E-state index contributed by atoms with van der Waals surface area (Å²) in [5, 5.41) is 0.